The Morgan fingerprint density at radius 2 is 1.47 bits per heavy atom. The van der Waals surface area contributed by atoms with Gasteiger partial charge in [-0.05, 0) is 48.4 Å². The fourth-order valence-electron chi connectivity index (χ4n) is 2.98. The molecule has 0 aliphatic rings. The lowest BCUT2D eigenvalue weighted by Crippen LogP contribution is -2.14. The Balaban J connectivity index is 1.61. The van der Waals surface area contributed by atoms with Gasteiger partial charge < -0.3 is 20.1 Å². The van der Waals surface area contributed by atoms with Crippen molar-refractivity contribution in [3.05, 3.63) is 83.9 Å². The van der Waals surface area contributed by atoms with Crippen molar-refractivity contribution < 1.29 is 19.1 Å². The highest BCUT2D eigenvalue weighted by atomic mass is 16.5. The highest BCUT2D eigenvalue weighted by molar-refractivity contribution is 6.05. The summed E-state index contributed by atoms with van der Waals surface area (Å²) in [5, 5.41) is 5.70. The molecule has 30 heavy (non-hydrogen) atoms. The molecule has 0 aromatic heterocycles. The van der Waals surface area contributed by atoms with Gasteiger partial charge in [0.05, 0.1) is 14.2 Å². The molecular weight excluding hydrogens is 380 g/mol. The Hall–Kier alpha value is -3.80. The van der Waals surface area contributed by atoms with Crippen LogP contribution >= 0.6 is 0 Å². The van der Waals surface area contributed by atoms with E-state index in [0.717, 1.165) is 5.56 Å². The third kappa shape index (κ3) is 5.61. The fraction of sp³-hybridized carbons (Fsp3) is 0.167. The maximum atomic E-state index is 12.6. The van der Waals surface area contributed by atoms with E-state index in [2.05, 4.69) is 10.6 Å². The van der Waals surface area contributed by atoms with Crippen LogP contribution in [0.2, 0.25) is 0 Å². The van der Waals surface area contributed by atoms with Crippen molar-refractivity contribution in [2.24, 2.45) is 0 Å². The third-order valence-corrected chi connectivity index (χ3v) is 4.53. The molecule has 0 spiro atoms. The smallest absolute Gasteiger partial charge is 0.255 e. The highest BCUT2D eigenvalue weighted by Crippen LogP contribution is 2.28. The van der Waals surface area contributed by atoms with Crippen LogP contribution in [-0.2, 0) is 11.2 Å². The second-order valence-corrected chi connectivity index (χ2v) is 6.64. The van der Waals surface area contributed by atoms with Gasteiger partial charge >= 0.3 is 0 Å². The van der Waals surface area contributed by atoms with Gasteiger partial charge in [-0.2, -0.15) is 0 Å². The molecule has 0 fully saturated rings. The van der Waals surface area contributed by atoms with Crippen LogP contribution in [0.4, 0.5) is 11.4 Å². The molecule has 0 unspecified atom stereocenters. The van der Waals surface area contributed by atoms with E-state index in [4.69, 9.17) is 9.47 Å². The number of carbonyl (C=O) groups excluding carboxylic acids is 2. The topological polar surface area (TPSA) is 76.7 Å². The van der Waals surface area contributed by atoms with E-state index in [1.165, 1.54) is 14.2 Å². The van der Waals surface area contributed by atoms with Crippen molar-refractivity contribution in [3.63, 3.8) is 0 Å². The monoisotopic (exact) mass is 404 g/mol. The number of ether oxygens (including phenoxy) is 2. The predicted octanol–water partition coefficient (Wildman–Crippen LogP) is 4.53. The van der Waals surface area contributed by atoms with E-state index in [9.17, 15) is 9.59 Å². The maximum Gasteiger partial charge on any atom is 0.255 e. The summed E-state index contributed by atoms with van der Waals surface area (Å²) in [5.41, 5.74) is 2.75. The minimum Gasteiger partial charge on any atom is -0.493 e. The van der Waals surface area contributed by atoms with Crippen molar-refractivity contribution in [1.29, 1.82) is 0 Å². The maximum absolute atomic E-state index is 12.6. The first kappa shape index (κ1) is 20.9. The number of hydrogen-bond donors (Lipinski definition) is 2. The standard InChI is InChI=1S/C24H24N2O4/c1-29-21-13-12-18(15-22(21)30-2)24(28)26-20-10-6-9-19(16-20)25-23(27)14-11-17-7-4-3-5-8-17/h3-10,12-13,15-16H,11,14H2,1-2H3,(H,25,27)(H,26,28). The predicted molar refractivity (Wildman–Crippen MR) is 117 cm³/mol. The van der Waals surface area contributed by atoms with Gasteiger partial charge in [-0.15, -0.1) is 0 Å². The van der Waals surface area contributed by atoms with E-state index >= 15 is 0 Å². The zero-order valence-electron chi connectivity index (χ0n) is 17.0. The van der Waals surface area contributed by atoms with Crippen molar-refractivity contribution in [2.75, 3.05) is 24.9 Å². The molecule has 3 aromatic rings. The number of carbonyl (C=O) groups is 2. The van der Waals surface area contributed by atoms with Crippen LogP contribution in [0, 0.1) is 0 Å². The summed E-state index contributed by atoms with van der Waals surface area (Å²) in [4.78, 5) is 24.8. The molecule has 0 heterocycles. The zero-order chi connectivity index (χ0) is 21.3. The summed E-state index contributed by atoms with van der Waals surface area (Å²) in [7, 11) is 3.06. The average molecular weight is 404 g/mol. The number of anilines is 2. The molecule has 0 aliphatic carbocycles. The van der Waals surface area contributed by atoms with Crippen LogP contribution in [0.15, 0.2) is 72.8 Å². The second-order valence-electron chi connectivity index (χ2n) is 6.64. The third-order valence-electron chi connectivity index (χ3n) is 4.53. The lowest BCUT2D eigenvalue weighted by molar-refractivity contribution is -0.116. The Kier molecular flexibility index (Phi) is 7.05. The van der Waals surface area contributed by atoms with E-state index in [0.29, 0.717) is 41.3 Å². The normalized spacial score (nSPS) is 10.2. The largest absolute Gasteiger partial charge is 0.493 e. The van der Waals surface area contributed by atoms with E-state index < -0.39 is 0 Å². The van der Waals surface area contributed by atoms with Crippen molar-refractivity contribution in [1.82, 2.24) is 0 Å². The minimum atomic E-state index is -0.288. The summed E-state index contributed by atoms with van der Waals surface area (Å²) in [6.07, 6.45) is 1.05. The Labute approximate surface area is 175 Å². The van der Waals surface area contributed by atoms with Crippen LogP contribution in [0.5, 0.6) is 11.5 Å². The molecule has 0 saturated heterocycles. The van der Waals surface area contributed by atoms with Gasteiger partial charge in [-0.1, -0.05) is 36.4 Å². The molecule has 0 atom stereocenters. The minimum absolute atomic E-state index is 0.0813. The number of aryl methyl sites for hydroxylation is 1. The number of methoxy groups -OCH3 is 2. The molecule has 2 amide bonds. The quantitative estimate of drug-likeness (QED) is 0.578. The van der Waals surface area contributed by atoms with Gasteiger partial charge in [0.15, 0.2) is 11.5 Å². The lowest BCUT2D eigenvalue weighted by Gasteiger charge is -2.11. The SMILES string of the molecule is COc1ccc(C(=O)Nc2cccc(NC(=O)CCc3ccccc3)c2)cc1OC. The molecular formula is C24H24N2O4. The molecule has 0 aliphatic heterocycles. The van der Waals surface area contributed by atoms with Crippen LogP contribution in [0.25, 0.3) is 0 Å². The van der Waals surface area contributed by atoms with E-state index in [1.54, 1.807) is 42.5 Å². The van der Waals surface area contributed by atoms with Crippen LogP contribution in [-0.4, -0.2) is 26.0 Å². The molecule has 0 bridgehead atoms. The second kappa shape index (κ2) is 10.1. The molecule has 3 aromatic carbocycles. The van der Waals surface area contributed by atoms with Crippen molar-refractivity contribution in [3.8, 4) is 11.5 Å². The number of hydrogen-bond acceptors (Lipinski definition) is 4. The van der Waals surface area contributed by atoms with Crippen molar-refractivity contribution >= 4 is 23.2 Å². The van der Waals surface area contributed by atoms with Gasteiger partial charge in [0.1, 0.15) is 0 Å². The van der Waals surface area contributed by atoms with Gasteiger partial charge in [0.25, 0.3) is 5.91 Å². The van der Waals surface area contributed by atoms with Gasteiger partial charge in [-0.25, -0.2) is 0 Å². The first-order valence-electron chi connectivity index (χ1n) is 9.56. The van der Waals surface area contributed by atoms with Crippen LogP contribution in [0.3, 0.4) is 0 Å². The van der Waals surface area contributed by atoms with Gasteiger partial charge in [-0.3, -0.25) is 9.59 Å². The summed E-state index contributed by atoms with van der Waals surface area (Å²) in [6, 6.07) is 21.9. The van der Waals surface area contributed by atoms with Crippen LogP contribution in [0.1, 0.15) is 22.3 Å². The first-order valence-corrected chi connectivity index (χ1v) is 9.56. The lowest BCUT2D eigenvalue weighted by atomic mass is 10.1. The zero-order valence-corrected chi connectivity index (χ0v) is 17.0. The van der Waals surface area contributed by atoms with Gasteiger partial charge in [0, 0.05) is 23.4 Å². The molecule has 3 rings (SSSR count). The average Bonchev–Trinajstić information content (AvgIpc) is 2.78. The van der Waals surface area contributed by atoms with Gasteiger partial charge in [0.2, 0.25) is 5.91 Å². The number of nitrogens with one attached hydrogen (secondary N) is 2. The molecule has 2 N–H and O–H groups in total. The summed E-state index contributed by atoms with van der Waals surface area (Å²) in [6.45, 7) is 0. The fourth-order valence-corrected chi connectivity index (χ4v) is 2.98. The highest BCUT2D eigenvalue weighted by Gasteiger charge is 2.11. The number of rotatable bonds is 8. The Bertz CT molecular complexity index is 1020. The Morgan fingerprint density at radius 1 is 0.767 bits per heavy atom. The summed E-state index contributed by atoms with van der Waals surface area (Å²) >= 11 is 0. The molecule has 0 saturated carbocycles. The molecule has 6 heteroatoms. The molecule has 0 radical (unpaired) electrons. The number of amides is 2. The molecule has 6 nitrogen and oxygen atoms in total. The van der Waals surface area contributed by atoms with E-state index in [1.807, 2.05) is 30.3 Å². The first-order chi connectivity index (χ1) is 14.6. The summed E-state index contributed by atoms with van der Waals surface area (Å²) < 4.78 is 10.4. The summed E-state index contributed by atoms with van der Waals surface area (Å²) in [5.74, 6) is 0.657. The van der Waals surface area contributed by atoms with E-state index in [-0.39, 0.29) is 11.8 Å². The van der Waals surface area contributed by atoms with Crippen molar-refractivity contribution in [2.45, 2.75) is 12.8 Å². The van der Waals surface area contributed by atoms with Crippen LogP contribution < -0.4 is 20.1 Å². The number of benzene rings is 3. The Morgan fingerprint density at radius 3 is 2.17 bits per heavy atom. The molecule has 154 valence electrons.